The van der Waals surface area contributed by atoms with Crippen LogP contribution in [-0.4, -0.2) is 33.8 Å². The second kappa shape index (κ2) is 6.17. The number of hydrogen-bond donors (Lipinski definition) is 4. The molecule has 2 unspecified atom stereocenters. The Bertz CT molecular complexity index is 384. The van der Waals surface area contributed by atoms with E-state index in [-0.39, 0.29) is 12.3 Å². The summed E-state index contributed by atoms with van der Waals surface area (Å²) in [5, 5.41) is 22.1. The molecule has 0 radical (unpaired) electrons. The highest BCUT2D eigenvalue weighted by Gasteiger charge is 2.20. The molecule has 0 aliphatic heterocycles. The van der Waals surface area contributed by atoms with Gasteiger partial charge in [0.05, 0.1) is 18.0 Å². The highest BCUT2D eigenvalue weighted by atomic mass is 16.3. The van der Waals surface area contributed by atoms with Crippen molar-refractivity contribution in [3.63, 3.8) is 0 Å². The van der Waals surface area contributed by atoms with E-state index in [1.807, 2.05) is 0 Å². The van der Waals surface area contributed by atoms with E-state index in [1.165, 1.54) is 19.3 Å². The molecule has 6 heteroatoms. The number of carbonyl (C=O) groups excluding carboxylic acids is 1. The zero-order valence-corrected chi connectivity index (χ0v) is 9.63. The van der Waals surface area contributed by atoms with Crippen LogP contribution < -0.4 is 11.1 Å². The number of nitrogens with zero attached hydrogens (tertiary/aromatic N) is 1. The topological polar surface area (TPSA) is 108 Å². The van der Waals surface area contributed by atoms with Crippen molar-refractivity contribution in [2.75, 3.05) is 12.3 Å². The van der Waals surface area contributed by atoms with E-state index in [0.29, 0.717) is 17.8 Å². The van der Waals surface area contributed by atoms with E-state index in [9.17, 15) is 15.0 Å². The molecule has 1 heterocycles. The third kappa shape index (κ3) is 4.01. The summed E-state index contributed by atoms with van der Waals surface area (Å²) in [5.74, 6) is -0.171. The van der Waals surface area contributed by atoms with Gasteiger partial charge in [0.1, 0.15) is 6.10 Å². The number of aromatic nitrogens is 1. The van der Waals surface area contributed by atoms with Gasteiger partial charge in [-0.25, -0.2) is 0 Å². The minimum Gasteiger partial charge on any atom is -0.397 e. The van der Waals surface area contributed by atoms with Crippen molar-refractivity contribution in [2.24, 2.45) is 0 Å². The summed E-state index contributed by atoms with van der Waals surface area (Å²) >= 11 is 0. The number of amides is 1. The molecule has 0 saturated carbocycles. The van der Waals surface area contributed by atoms with Crippen molar-refractivity contribution in [1.82, 2.24) is 10.3 Å². The van der Waals surface area contributed by atoms with Gasteiger partial charge in [-0.3, -0.25) is 9.78 Å². The third-order valence-electron chi connectivity index (χ3n) is 2.38. The van der Waals surface area contributed by atoms with Crippen LogP contribution in [0.5, 0.6) is 0 Å². The first kappa shape index (κ1) is 13.4. The highest BCUT2D eigenvalue weighted by Crippen LogP contribution is 2.23. The van der Waals surface area contributed by atoms with Crippen LogP contribution in [0.2, 0.25) is 0 Å². The molecule has 1 aromatic heterocycles. The summed E-state index contributed by atoms with van der Waals surface area (Å²) in [6, 6.07) is 1.56. The van der Waals surface area contributed by atoms with Crippen molar-refractivity contribution in [3.05, 3.63) is 24.0 Å². The first-order valence-electron chi connectivity index (χ1n) is 5.32. The van der Waals surface area contributed by atoms with Gasteiger partial charge in [0.25, 0.3) is 0 Å². The molecular formula is C11H17N3O3. The summed E-state index contributed by atoms with van der Waals surface area (Å²) in [7, 11) is 0. The molecule has 0 aromatic carbocycles. The van der Waals surface area contributed by atoms with Crippen LogP contribution in [0.15, 0.2) is 18.5 Å². The van der Waals surface area contributed by atoms with E-state index in [0.717, 1.165) is 0 Å². The molecule has 6 nitrogen and oxygen atoms in total. The maximum absolute atomic E-state index is 10.6. The number of rotatable bonds is 5. The highest BCUT2D eigenvalue weighted by molar-refractivity contribution is 5.72. The van der Waals surface area contributed by atoms with E-state index < -0.39 is 12.2 Å². The summed E-state index contributed by atoms with van der Waals surface area (Å²) < 4.78 is 0. The van der Waals surface area contributed by atoms with Crippen molar-refractivity contribution in [3.8, 4) is 0 Å². The number of nitrogen functional groups attached to an aromatic ring is 1. The van der Waals surface area contributed by atoms with Gasteiger partial charge >= 0.3 is 0 Å². The number of hydrogen-bond acceptors (Lipinski definition) is 5. The largest absolute Gasteiger partial charge is 0.397 e. The molecule has 1 aromatic rings. The lowest BCUT2D eigenvalue weighted by atomic mass is 10.0. The van der Waals surface area contributed by atoms with Gasteiger partial charge in [-0.05, 0) is 12.5 Å². The number of aliphatic hydroxyl groups is 2. The minimum absolute atomic E-state index is 0.171. The summed E-state index contributed by atoms with van der Waals surface area (Å²) in [6.45, 7) is 1.70. The van der Waals surface area contributed by atoms with Crippen molar-refractivity contribution in [2.45, 2.75) is 25.6 Å². The molecule has 0 bridgehead atoms. The van der Waals surface area contributed by atoms with Crippen LogP contribution >= 0.6 is 0 Å². The molecule has 0 fully saturated rings. The molecule has 1 amide bonds. The quantitative estimate of drug-likeness (QED) is 0.558. The molecule has 1 rings (SSSR count). The van der Waals surface area contributed by atoms with Crippen LogP contribution in [0.3, 0.4) is 0 Å². The Kier molecular flexibility index (Phi) is 4.86. The Morgan fingerprint density at radius 3 is 2.88 bits per heavy atom. The van der Waals surface area contributed by atoms with E-state index in [1.54, 1.807) is 6.07 Å². The van der Waals surface area contributed by atoms with Crippen LogP contribution in [-0.2, 0) is 4.79 Å². The van der Waals surface area contributed by atoms with Crippen molar-refractivity contribution in [1.29, 1.82) is 0 Å². The predicted molar refractivity (Wildman–Crippen MR) is 62.9 cm³/mol. The average molecular weight is 239 g/mol. The third-order valence-corrected chi connectivity index (χ3v) is 2.38. The molecule has 94 valence electrons. The number of aliphatic hydroxyl groups excluding tert-OH is 2. The van der Waals surface area contributed by atoms with Gasteiger partial charge in [0.2, 0.25) is 5.91 Å². The molecule has 0 aliphatic carbocycles. The minimum atomic E-state index is -1.08. The lowest BCUT2D eigenvalue weighted by molar-refractivity contribution is -0.119. The summed E-state index contributed by atoms with van der Waals surface area (Å²) in [4.78, 5) is 14.4. The zero-order chi connectivity index (χ0) is 12.8. The van der Waals surface area contributed by atoms with Gasteiger partial charge in [-0.2, -0.15) is 0 Å². The van der Waals surface area contributed by atoms with Crippen LogP contribution in [0.4, 0.5) is 5.69 Å². The number of nitrogens with two attached hydrogens (primary N) is 1. The Hall–Kier alpha value is -1.66. The first-order chi connectivity index (χ1) is 8.02. The smallest absolute Gasteiger partial charge is 0.216 e. The van der Waals surface area contributed by atoms with Gasteiger partial charge in [-0.15, -0.1) is 0 Å². The first-order valence-corrected chi connectivity index (χ1v) is 5.32. The Balaban J connectivity index is 2.55. The van der Waals surface area contributed by atoms with Crippen molar-refractivity contribution < 1.29 is 15.0 Å². The number of nitrogens with one attached hydrogen (secondary N) is 1. The molecule has 17 heavy (non-hydrogen) atoms. The van der Waals surface area contributed by atoms with E-state index in [2.05, 4.69) is 10.3 Å². The summed E-state index contributed by atoms with van der Waals surface area (Å²) in [5.41, 5.74) is 6.40. The summed E-state index contributed by atoms with van der Waals surface area (Å²) in [6.07, 6.45) is 1.11. The number of carbonyl (C=O) groups is 1. The zero-order valence-electron chi connectivity index (χ0n) is 9.63. The van der Waals surface area contributed by atoms with Crippen molar-refractivity contribution >= 4 is 11.6 Å². The molecule has 0 saturated heterocycles. The van der Waals surface area contributed by atoms with Crippen LogP contribution in [0, 0.1) is 0 Å². The van der Waals surface area contributed by atoms with Gasteiger partial charge < -0.3 is 21.3 Å². The van der Waals surface area contributed by atoms with Gasteiger partial charge in [0, 0.05) is 25.2 Å². The average Bonchev–Trinajstić information content (AvgIpc) is 2.28. The molecule has 0 aliphatic rings. The predicted octanol–water partition coefficient (Wildman–Crippen LogP) is -0.416. The molecule has 2 atom stereocenters. The maximum atomic E-state index is 10.6. The molecule has 5 N–H and O–H groups in total. The number of anilines is 1. The second-order valence-electron chi connectivity index (χ2n) is 3.79. The Morgan fingerprint density at radius 2 is 2.29 bits per heavy atom. The fourth-order valence-electron chi connectivity index (χ4n) is 1.45. The second-order valence-corrected chi connectivity index (χ2v) is 3.79. The normalized spacial score (nSPS) is 14.1. The fraction of sp³-hybridized carbons (Fsp3) is 0.455. The molecule has 0 spiro atoms. The lowest BCUT2D eigenvalue weighted by Crippen LogP contribution is -2.28. The maximum Gasteiger partial charge on any atom is 0.216 e. The SMILES string of the molecule is CC(=O)NCCC(O)C(O)c1ccncc1N. The Morgan fingerprint density at radius 1 is 1.59 bits per heavy atom. The van der Waals surface area contributed by atoms with Crippen LogP contribution in [0.1, 0.15) is 25.0 Å². The van der Waals surface area contributed by atoms with Gasteiger partial charge in [0.15, 0.2) is 0 Å². The number of pyridine rings is 1. The van der Waals surface area contributed by atoms with Gasteiger partial charge in [-0.1, -0.05) is 0 Å². The fourth-order valence-corrected chi connectivity index (χ4v) is 1.45. The van der Waals surface area contributed by atoms with E-state index >= 15 is 0 Å². The van der Waals surface area contributed by atoms with E-state index in [4.69, 9.17) is 5.73 Å². The monoisotopic (exact) mass is 239 g/mol. The Labute approximate surface area is 99.5 Å². The standard InChI is InChI=1S/C11H17N3O3/c1-7(15)14-5-3-10(16)11(17)8-2-4-13-6-9(8)12/h2,4,6,10-11,16-17H,3,5,12H2,1H3,(H,14,15). The molecular weight excluding hydrogens is 222 g/mol. The van der Waals surface area contributed by atoms with Crippen LogP contribution in [0.25, 0.3) is 0 Å². The lowest BCUT2D eigenvalue weighted by Gasteiger charge is -2.19.